The van der Waals surface area contributed by atoms with Crippen LogP contribution in [-0.4, -0.2) is 20.8 Å². The van der Waals surface area contributed by atoms with Crippen LogP contribution < -0.4 is 5.73 Å². The molecule has 0 saturated heterocycles. The Morgan fingerprint density at radius 2 is 1.94 bits per heavy atom. The Morgan fingerprint density at radius 3 is 2.56 bits per heavy atom. The van der Waals surface area contributed by atoms with Gasteiger partial charge in [-0.2, -0.15) is 0 Å². The first-order chi connectivity index (χ1) is 7.61. The standard InChI is InChI=1S/C12H22N4/c1-8(2)16-9(3)14-15-12(16)10-6-4-5-7-11(10)13/h8,10-11H,4-7,13H2,1-3H3. The molecule has 0 spiro atoms. The average molecular weight is 222 g/mol. The largest absolute Gasteiger partial charge is 0.327 e. The molecule has 0 amide bonds. The van der Waals surface area contributed by atoms with E-state index in [1.54, 1.807) is 0 Å². The number of nitrogens with two attached hydrogens (primary N) is 1. The fourth-order valence-corrected chi connectivity index (χ4v) is 2.76. The zero-order chi connectivity index (χ0) is 11.7. The topological polar surface area (TPSA) is 56.7 Å². The van der Waals surface area contributed by atoms with E-state index in [1.807, 2.05) is 6.92 Å². The third-order valence-corrected chi connectivity index (χ3v) is 3.56. The van der Waals surface area contributed by atoms with Crippen molar-refractivity contribution in [3.8, 4) is 0 Å². The molecule has 2 unspecified atom stereocenters. The lowest BCUT2D eigenvalue weighted by Gasteiger charge is -2.29. The minimum Gasteiger partial charge on any atom is -0.327 e. The summed E-state index contributed by atoms with van der Waals surface area (Å²) in [4.78, 5) is 0. The van der Waals surface area contributed by atoms with Crippen LogP contribution in [0.3, 0.4) is 0 Å². The van der Waals surface area contributed by atoms with Crippen LogP contribution in [-0.2, 0) is 0 Å². The van der Waals surface area contributed by atoms with Crippen molar-refractivity contribution in [2.45, 2.75) is 64.5 Å². The highest BCUT2D eigenvalue weighted by Crippen LogP contribution is 2.32. The van der Waals surface area contributed by atoms with Gasteiger partial charge in [0.2, 0.25) is 0 Å². The second kappa shape index (κ2) is 4.53. The Balaban J connectivity index is 2.31. The monoisotopic (exact) mass is 222 g/mol. The van der Waals surface area contributed by atoms with Crippen molar-refractivity contribution in [2.24, 2.45) is 5.73 Å². The molecule has 4 heteroatoms. The number of rotatable bonds is 2. The molecule has 1 heterocycles. The molecule has 1 aliphatic rings. The molecule has 2 rings (SSSR count). The van der Waals surface area contributed by atoms with E-state index in [2.05, 4.69) is 28.6 Å². The molecule has 0 bridgehead atoms. The molecule has 2 N–H and O–H groups in total. The van der Waals surface area contributed by atoms with E-state index in [9.17, 15) is 0 Å². The summed E-state index contributed by atoms with van der Waals surface area (Å²) >= 11 is 0. The zero-order valence-electron chi connectivity index (χ0n) is 10.5. The summed E-state index contributed by atoms with van der Waals surface area (Å²) in [5.41, 5.74) is 6.21. The summed E-state index contributed by atoms with van der Waals surface area (Å²) in [6.45, 7) is 6.37. The Labute approximate surface area is 97.2 Å². The minimum atomic E-state index is 0.259. The lowest BCUT2D eigenvalue weighted by Crippen LogP contribution is -2.33. The summed E-state index contributed by atoms with van der Waals surface area (Å²) in [6, 6.07) is 0.675. The minimum absolute atomic E-state index is 0.259. The van der Waals surface area contributed by atoms with Crippen molar-refractivity contribution < 1.29 is 0 Å². The van der Waals surface area contributed by atoms with E-state index < -0.39 is 0 Å². The molecule has 1 aromatic rings. The molecular weight excluding hydrogens is 200 g/mol. The molecule has 4 nitrogen and oxygen atoms in total. The Kier molecular flexibility index (Phi) is 3.28. The van der Waals surface area contributed by atoms with Gasteiger partial charge in [-0.15, -0.1) is 10.2 Å². The van der Waals surface area contributed by atoms with Gasteiger partial charge < -0.3 is 10.3 Å². The van der Waals surface area contributed by atoms with Gasteiger partial charge in [-0.3, -0.25) is 0 Å². The number of aromatic nitrogens is 3. The van der Waals surface area contributed by atoms with Crippen molar-refractivity contribution in [3.05, 3.63) is 11.6 Å². The van der Waals surface area contributed by atoms with Gasteiger partial charge in [0.15, 0.2) is 0 Å². The molecule has 0 radical (unpaired) electrons. The molecule has 1 aromatic heterocycles. The van der Waals surface area contributed by atoms with Crippen molar-refractivity contribution in [2.75, 3.05) is 0 Å². The average Bonchev–Trinajstić information content (AvgIpc) is 2.61. The van der Waals surface area contributed by atoms with Crippen LogP contribution in [0, 0.1) is 6.92 Å². The normalized spacial score (nSPS) is 26.3. The Morgan fingerprint density at radius 1 is 1.25 bits per heavy atom. The predicted octanol–water partition coefficient (Wildman–Crippen LogP) is 2.15. The van der Waals surface area contributed by atoms with Crippen LogP contribution in [0.15, 0.2) is 0 Å². The third kappa shape index (κ3) is 1.98. The maximum atomic E-state index is 6.21. The SMILES string of the molecule is Cc1nnc(C2CCCCC2N)n1C(C)C. The quantitative estimate of drug-likeness (QED) is 0.834. The summed E-state index contributed by atoms with van der Waals surface area (Å²) < 4.78 is 2.23. The van der Waals surface area contributed by atoms with Crippen LogP contribution in [0.5, 0.6) is 0 Å². The summed E-state index contributed by atoms with van der Waals surface area (Å²) in [5, 5.41) is 8.55. The lowest BCUT2D eigenvalue weighted by molar-refractivity contribution is 0.357. The fraction of sp³-hybridized carbons (Fsp3) is 0.833. The molecule has 1 aliphatic carbocycles. The van der Waals surface area contributed by atoms with E-state index in [1.165, 1.54) is 12.8 Å². The van der Waals surface area contributed by atoms with Crippen molar-refractivity contribution >= 4 is 0 Å². The van der Waals surface area contributed by atoms with Crippen molar-refractivity contribution in [3.63, 3.8) is 0 Å². The predicted molar refractivity (Wildman–Crippen MR) is 64.3 cm³/mol. The maximum Gasteiger partial charge on any atom is 0.137 e. The number of hydrogen-bond donors (Lipinski definition) is 1. The first-order valence-electron chi connectivity index (χ1n) is 6.28. The van der Waals surface area contributed by atoms with Gasteiger partial charge in [0.05, 0.1) is 0 Å². The van der Waals surface area contributed by atoms with Gasteiger partial charge in [0.25, 0.3) is 0 Å². The summed E-state index contributed by atoms with van der Waals surface area (Å²) in [5.74, 6) is 2.50. The number of nitrogens with zero attached hydrogens (tertiary/aromatic N) is 3. The van der Waals surface area contributed by atoms with E-state index >= 15 is 0 Å². The third-order valence-electron chi connectivity index (χ3n) is 3.56. The van der Waals surface area contributed by atoms with Crippen molar-refractivity contribution in [1.29, 1.82) is 0 Å². The zero-order valence-corrected chi connectivity index (χ0v) is 10.5. The lowest BCUT2D eigenvalue weighted by atomic mass is 9.84. The number of hydrogen-bond acceptors (Lipinski definition) is 3. The van der Waals surface area contributed by atoms with Crippen LogP contribution in [0.1, 0.15) is 63.1 Å². The highest BCUT2D eigenvalue weighted by atomic mass is 15.3. The molecule has 1 saturated carbocycles. The van der Waals surface area contributed by atoms with E-state index in [0.717, 1.165) is 24.5 Å². The maximum absolute atomic E-state index is 6.21. The van der Waals surface area contributed by atoms with Gasteiger partial charge in [-0.25, -0.2) is 0 Å². The van der Waals surface area contributed by atoms with Gasteiger partial charge in [-0.05, 0) is 33.6 Å². The molecule has 1 fully saturated rings. The van der Waals surface area contributed by atoms with E-state index in [-0.39, 0.29) is 6.04 Å². The molecule has 2 atom stereocenters. The van der Waals surface area contributed by atoms with Crippen LogP contribution >= 0.6 is 0 Å². The first kappa shape index (κ1) is 11.6. The second-order valence-electron chi connectivity index (χ2n) is 5.12. The van der Waals surface area contributed by atoms with E-state index in [4.69, 9.17) is 5.73 Å². The van der Waals surface area contributed by atoms with Gasteiger partial charge in [-0.1, -0.05) is 12.8 Å². The molecule has 0 aliphatic heterocycles. The Bertz CT molecular complexity index is 356. The molecule has 90 valence electrons. The highest BCUT2D eigenvalue weighted by molar-refractivity contribution is 5.07. The molecular formula is C12H22N4. The number of aryl methyl sites for hydroxylation is 1. The molecule has 16 heavy (non-hydrogen) atoms. The van der Waals surface area contributed by atoms with Crippen molar-refractivity contribution in [1.82, 2.24) is 14.8 Å². The summed E-state index contributed by atoms with van der Waals surface area (Å²) in [6.07, 6.45) is 4.80. The Hall–Kier alpha value is -0.900. The summed E-state index contributed by atoms with van der Waals surface area (Å²) in [7, 11) is 0. The van der Waals surface area contributed by atoms with E-state index in [0.29, 0.717) is 12.0 Å². The van der Waals surface area contributed by atoms with Crippen LogP contribution in [0.4, 0.5) is 0 Å². The fourth-order valence-electron chi connectivity index (χ4n) is 2.76. The van der Waals surface area contributed by atoms with Gasteiger partial charge in [0.1, 0.15) is 11.6 Å². The molecule has 0 aromatic carbocycles. The smallest absolute Gasteiger partial charge is 0.137 e. The van der Waals surface area contributed by atoms with Gasteiger partial charge in [0, 0.05) is 18.0 Å². The van der Waals surface area contributed by atoms with Crippen LogP contribution in [0.25, 0.3) is 0 Å². The second-order valence-corrected chi connectivity index (χ2v) is 5.12. The van der Waals surface area contributed by atoms with Gasteiger partial charge >= 0.3 is 0 Å². The first-order valence-corrected chi connectivity index (χ1v) is 6.28. The highest BCUT2D eigenvalue weighted by Gasteiger charge is 2.28. The van der Waals surface area contributed by atoms with Crippen LogP contribution in [0.2, 0.25) is 0 Å².